The molecule has 0 radical (unpaired) electrons. The van der Waals surface area contributed by atoms with E-state index in [-0.39, 0.29) is 5.91 Å². The van der Waals surface area contributed by atoms with E-state index in [0.717, 1.165) is 39.4 Å². The highest BCUT2D eigenvalue weighted by molar-refractivity contribution is 7.99. The van der Waals surface area contributed by atoms with E-state index < -0.39 is 0 Å². The number of hydrogen-bond donors (Lipinski definition) is 2. The lowest BCUT2D eigenvalue weighted by atomic mass is 10.2. The van der Waals surface area contributed by atoms with Crippen molar-refractivity contribution in [2.45, 2.75) is 31.8 Å². The second kappa shape index (κ2) is 8.58. The number of carbonyl (C=O) groups excluding carboxylic acids is 1. The van der Waals surface area contributed by atoms with Crippen LogP contribution in [0.2, 0.25) is 0 Å². The maximum Gasteiger partial charge on any atom is 0.224 e. The molecule has 1 amide bonds. The van der Waals surface area contributed by atoms with Crippen molar-refractivity contribution < 1.29 is 9.53 Å². The summed E-state index contributed by atoms with van der Waals surface area (Å²) in [5, 5.41) is 4.50. The molecule has 2 heterocycles. The molecule has 0 saturated carbocycles. The van der Waals surface area contributed by atoms with Crippen molar-refractivity contribution in [3.63, 3.8) is 0 Å². The minimum atomic E-state index is -0.0128. The van der Waals surface area contributed by atoms with Crippen LogP contribution in [-0.2, 0) is 4.79 Å². The topological polar surface area (TPSA) is 90.1 Å². The van der Waals surface area contributed by atoms with Crippen molar-refractivity contribution in [1.82, 2.24) is 9.97 Å². The highest BCUT2D eigenvalue weighted by atomic mass is 32.2. The average molecular weight is 403 g/mol. The molecule has 1 aromatic carbocycles. The molecule has 27 heavy (non-hydrogen) atoms. The Morgan fingerprint density at radius 2 is 2.00 bits per heavy atom. The zero-order valence-corrected chi connectivity index (χ0v) is 17.2. The van der Waals surface area contributed by atoms with Crippen molar-refractivity contribution in [2.24, 2.45) is 0 Å². The van der Waals surface area contributed by atoms with E-state index in [2.05, 4.69) is 22.2 Å². The smallest absolute Gasteiger partial charge is 0.224 e. The highest BCUT2D eigenvalue weighted by Gasteiger charge is 2.13. The van der Waals surface area contributed by atoms with Crippen molar-refractivity contribution in [3.8, 4) is 5.75 Å². The number of benzene rings is 1. The van der Waals surface area contributed by atoms with E-state index in [4.69, 9.17) is 10.5 Å². The molecule has 0 fully saturated rings. The average Bonchev–Trinajstić information content (AvgIpc) is 2.94. The van der Waals surface area contributed by atoms with Gasteiger partial charge in [-0.15, -0.1) is 11.3 Å². The number of aryl methyl sites for hydroxylation is 2. The van der Waals surface area contributed by atoms with Crippen LogP contribution in [0.4, 0.5) is 11.5 Å². The molecule has 0 aliphatic rings. The summed E-state index contributed by atoms with van der Waals surface area (Å²) in [6.07, 6.45) is 1.17. The number of nitrogens with two attached hydrogens (primary N) is 1. The Hall–Kier alpha value is -2.32. The SMILES string of the molecule is COc1ccc(NC(=O)CCCSc2nc(N)c3c(C)c(C)sc3n2)cc1. The molecule has 0 aliphatic carbocycles. The van der Waals surface area contributed by atoms with Crippen LogP contribution in [0.5, 0.6) is 5.75 Å². The summed E-state index contributed by atoms with van der Waals surface area (Å²) in [6.45, 7) is 4.11. The summed E-state index contributed by atoms with van der Waals surface area (Å²) < 4.78 is 5.10. The third-order valence-electron chi connectivity index (χ3n) is 4.19. The highest BCUT2D eigenvalue weighted by Crippen LogP contribution is 2.33. The standard InChI is InChI=1S/C19H22N4O2S2/c1-11-12(2)27-18-16(11)17(20)22-19(23-18)26-10-4-5-15(24)21-13-6-8-14(25-3)9-7-13/h6-9H,4-5,10H2,1-3H3,(H,21,24)(H2,20,22,23). The molecule has 0 bridgehead atoms. The van der Waals surface area contributed by atoms with Gasteiger partial charge in [-0.2, -0.15) is 0 Å². The van der Waals surface area contributed by atoms with Crippen LogP contribution in [0.3, 0.4) is 0 Å². The van der Waals surface area contributed by atoms with E-state index >= 15 is 0 Å². The number of nitrogens with one attached hydrogen (secondary N) is 1. The number of nitrogens with zero attached hydrogens (tertiary/aromatic N) is 2. The number of ether oxygens (including phenoxy) is 1. The second-order valence-electron chi connectivity index (χ2n) is 6.08. The van der Waals surface area contributed by atoms with E-state index in [0.29, 0.717) is 17.4 Å². The Bertz CT molecular complexity index is 954. The van der Waals surface area contributed by atoms with Crippen molar-refractivity contribution in [1.29, 1.82) is 0 Å². The van der Waals surface area contributed by atoms with E-state index in [1.165, 1.54) is 16.6 Å². The van der Waals surface area contributed by atoms with E-state index in [9.17, 15) is 4.79 Å². The number of fused-ring (bicyclic) bond motifs is 1. The van der Waals surface area contributed by atoms with Crippen LogP contribution < -0.4 is 15.8 Å². The summed E-state index contributed by atoms with van der Waals surface area (Å²) in [7, 11) is 1.61. The molecule has 142 valence electrons. The lowest BCUT2D eigenvalue weighted by Gasteiger charge is -2.06. The third-order valence-corrected chi connectivity index (χ3v) is 6.22. The predicted octanol–water partition coefficient (Wildman–Crippen LogP) is 4.41. The van der Waals surface area contributed by atoms with Gasteiger partial charge >= 0.3 is 0 Å². The maximum atomic E-state index is 12.0. The van der Waals surface area contributed by atoms with Crippen LogP contribution in [0.15, 0.2) is 29.4 Å². The molecule has 3 rings (SSSR count). The van der Waals surface area contributed by atoms with Gasteiger partial charge in [0.25, 0.3) is 0 Å². The molecule has 0 saturated heterocycles. The number of amides is 1. The largest absolute Gasteiger partial charge is 0.497 e. The molecule has 2 aromatic heterocycles. The fraction of sp³-hybridized carbons (Fsp3) is 0.316. The number of nitrogen functional groups attached to an aromatic ring is 1. The first-order valence-corrected chi connectivity index (χ1v) is 10.4. The normalized spacial score (nSPS) is 10.9. The Morgan fingerprint density at radius 3 is 2.70 bits per heavy atom. The van der Waals surface area contributed by atoms with Crippen LogP contribution in [0.25, 0.3) is 10.2 Å². The summed E-state index contributed by atoms with van der Waals surface area (Å²) in [5.41, 5.74) is 8.01. The number of thiophene rings is 1. The van der Waals surface area contributed by atoms with Crippen molar-refractivity contribution in [2.75, 3.05) is 23.9 Å². The number of carbonyl (C=O) groups is 1. The molecule has 8 heteroatoms. The third kappa shape index (κ3) is 4.70. The number of hydrogen-bond acceptors (Lipinski definition) is 7. The molecule has 0 aliphatic heterocycles. The number of anilines is 2. The lowest BCUT2D eigenvalue weighted by molar-refractivity contribution is -0.116. The minimum absolute atomic E-state index is 0.0128. The minimum Gasteiger partial charge on any atom is -0.497 e. The van der Waals surface area contributed by atoms with Crippen LogP contribution in [0.1, 0.15) is 23.3 Å². The van der Waals surface area contributed by atoms with Gasteiger partial charge in [0.15, 0.2) is 5.16 Å². The van der Waals surface area contributed by atoms with Crippen LogP contribution in [0, 0.1) is 13.8 Å². The summed E-state index contributed by atoms with van der Waals surface area (Å²) in [5.74, 6) is 2.03. The predicted molar refractivity (Wildman–Crippen MR) is 113 cm³/mol. The maximum absolute atomic E-state index is 12.0. The number of aromatic nitrogens is 2. The van der Waals surface area contributed by atoms with Gasteiger partial charge in [0.05, 0.1) is 12.5 Å². The van der Waals surface area contributed by atoms with Gasteiger partial charge in [-0.3, -0.25) is 4.79 Å². The summed E-state index contributed by atoms with van der Waals surface area (Å²) >= 11 is 3.16. The Labute approximate surface area is 166 Å². The molecular weight excluding hydrogens is 380 g/mol. The van der Waals surface area contributed by atoms with Crippen LogP contribution >= 0.6 is 23.1 Å². The zero-order chi connectivity index (χ0) is 19.4. The van der Waals surface area contributed by atoms with Gasteiger partial charge in [-0.05, 0) is 50.1 Å². The monoisotopic (exact) mass is 402 g/mol. The van der Waals surface area contributed by atoms with E-state index in [1.54, 1.807) is 18.4 Å². The quantitative estimate of drug-likeness (QED) is 0.346. The number of rotatable bonds is 7. The lowest BCUT2D eigenvalue weighted by Crippen LogP contribution is -2.11. The molecule has 0 unspecified atom stereocenters. The Kier molecular flexibility index (Phi) is 6.18. The molecule has 0 atom stereocenters. The molecule has 3 aromatic rings. The van der Waals surface area contributed by atoms with Gasteiger partial charge in [-0.1, -0.05) is 11.8 Å². The van der Waals surface area contributed by atoms with Crippen molar-refractivity contribution in [3.05, 3.63) is 34.7 Å². The van der Waals surface area contributed by atoms with Crippen molar-refractivity contribution >= 4 is 50.7 Å². The summed E-state index contributed by atoms with van der Waals surface area (Å²) in [4.78, 5) is 23.2. The first kappa shape index (κ1) is 19.4. The van der Waals surface area contributed by atoms with Crippen LogP contribution in [-0.4, -0.2) is 28.7 Å². The van der Waals surface area contributed by atoms with Gasteiger partial charge in [-0.25, -0.2) is 9.97 Å². The first-order chi connectivity index (χ1) is 13.0. The molecular formula is C19H22N4O2S2. The number of thioether (sulfide) groups is 1. The number of methoxy groups -OCH3 is 1. The fourth-order valence-electron chi connectivity index (χ4n) is 2.62. The molecule has 0 spiro atoms. The fourth-order valence-corrected chi connectivity index (χ4v) is 4.50. The molecule has 3 N–H and O–H groups in total. The van der Waals surface area contributed by atoms with E-state index in [1.807, 2.05) is 31.2 Å². The first-order valence-electron chi connectivity index (χ1n) is 8.58. The Balaban J connectivity index is 1.49. The second-order valence-corrected chi connectivity index (χ2v) is 8.35. The zero-order valence-electron chi connectivity index (χ0n) is 15.5. The van der Waals surface area contributed by atoms with Gasteiger partial charge < -0.3 is 15.8 Å². The van der Waals surface area contributed by atoms with Gasteiger partial charge in [0.2, 0.25) is 5.91 Å². The van der Waals surface area contributed by atoms with Gasteiger partial charge in [0, 0.05) is 22.7 Å². The Morgan fingerprint density at radius 1 is 1.26 bits per heavy atom. The van der Waals surface area contributed by atoms with Gasteiger partial charge in [0.1, 0.15) is 16.4 Å². The summed E-state index contributed by atoms with van der Waals surface area (Å²) in [6, 6.07) is 7.28. The molecule has 6 nitrogen and oxygen atoms in total.